The van der Waals surface area contributed by atoms with Crippen LogP contribution in [0.15, 0.2) is 36.4 Å². The van der Waals surface area contributed by atoms with E-state index in [-0.39, 0.29) is 12.0 Å². The first kappa shape index (κ1) is 14.1. The molecule has 0 aromatic heterocycles. The van der Waals surface area contributed by atoms with Crippen molar-refractivity contribution in [1.82, 2.24) is 4.90 Å². The molecule has 1 aliphatic heterocycles. The summed E-state index contributed by atoms with van der Waals surface area (Å²) in [6, 6.07) is 11.2. The average Bonchev–Trinajstić information content (AvgIpc) is 3.09. The molecule has 2 aliphatic rings. The molecule has 1 saturated heterocycles. The van der Waals surface area contributed by atoms with Gasteiger partial charge in [0.05, 0.1) is 13.2 Å². The SMILES string of the molecule is COC(=O)N1[C@@H]2c3c(ccc4ccccc34)C[C@@H]2C[C@H]1C(=O)O. The van der Waals surface area contributed by atoms with Gasteiger partial charge in [-0.1, -0.05) is 36.4 Å². The first-order valence-corrected chi connectivity index (χ1v) is 7.71. The number of carboxylic acids is 1. The van der Waals surface area contributed by atoms with Gasteiger partial charge in [0.25, 0.3) is 0 Å². The zero-order valence-electron chi connectivity index (χ0n) is 12.7. The topological polar surface area (TPSA) is 66.8 Å². The maximum atomic E-state index is 12.3. The van der Waals surface area contributed by atoms with Crippen molar-refractivity contribution in [3.8, 4) is 0 Å². The molecule has 0 saturated carbocycles. The monoisotopic (exact) mass is 311 g/mol. The van der Waals surface area contributed by atoms with Gasteiger partial charge in [0.15, 0.2) is 0 Å². The number of ether oxygens (including phenoxy) is 1. The molecule has 3 atom stereocenters. The lowest BCUT2D eigenvalue weighted by Gasteiger charge is -2.27. The average molecular weight is 311 g/mol. The van der Waals surface area contributed by atoms with Crippen molar-refractivity contribution in [2.45, 2.75) is 24.9 Å². The number of hydrogen-bond donors (Lipinski definition) is 1. The third-order valence-corrected chi connectivity index (χ3v) is 5.12. The van der Waals surface area contributed by atoms with E-state index < -0.39 is 18.1 Å². The number of aliphatic carboxylic acids is 1. The largest absolute Gasteiger partial charge is 0.480 e. The number of methoxy groups -OCH3 is 1. The molecule has 2 aromatic carbocycles. The van der Waals surface area contributed by atoms with Gasteiger partial charge in [-0.2, -0.15) is 0 Å². The van der Waals surface area contributed by atoms with Crippen molar-refractivity contribution in [3.05, 3.63) is 47.5 Å². The molecule has 0 spiro atoms. The van der Waals surface area contributed by atoms with E-state index in [1.54, 1.807) is 0 Å². The summed E-state index contributed by atoms with van der Waals surface area (Å²) in [4.78, 5) is 25.3. The summed E-state index contributed by atoms with van der Waals surface area (Å²) in [5.41, 5.74) is 2.29. The maximum Gasteiger partial charge on any atom is 0.410 e. The molecular weight excluding hydrogens is 294 g/mol. The molecule has 2 aromatic rings. The highest BCUT2D eigenvalue weighted by atomic mass is 16.5. The van der Waals surface area contributed by atoms with E-state index in [4.69, 9.17) is 4.74 Å². The first-order chi connectivity index (χ1) is 11.1. The van der Waals surface area contributed by atoms with Crippen LogP contribution >= 0.6 is 0 Å². The quantitative estimate of drug-likeness (QED) is 0.879. The number of fused-ring (bicyclic) bond motifs is 5. The van der Waals surface area contributed by atoms with E-state index in [1.807, 2.05) is 24.3 Å². The van der Waals surface area contributed by atoms with Gasteiger partial charge in [-0.05, 0) is 40.7 Å². The van der Waals surface area contributed by atoms with Gasteiger partial charge in [-0.15, -0.1) is 0 Å². The predicted octanol–water partition coefficient (Wildman–Crippen LogP) is 2.98. The van der Waals surface area contributed by atoms with Crippen LogP contribution in [0, 0.1) is 5.92 Å². The lowest BCUT2D eigenvalue weighted by Crippen LogP contribution is -2.41. The Morgan fingerprint density at radius 2 is 2.00 bits per heavy atom. The van der Waals surface area contributed by atoms with E-state index in [9.17, 15) is 14.7 Å². The third kappa shape index (κ3) is 1.92. The lowest BCUT2D eigenvalue weighted by atomic mass is 9.97. The maximum absolute atomic E-state index is 12.3. The normalized spacial score (nSPS) is 25.3. The number of amides is 1. The van der Waals surface area contributed by atoms with Crippen molar-refractivity contribution >= 4 is 22.8 Å². The summed E-state index contributed by atoms with van der Waals surface area (Å²) in [7, 11) is 1.30. The van der Waals surface area contributed by atoms with Crippen LogP contribution in [-0.2, 0) is 16.0 Å². The van der Waals surface area contributed by atoms with Gasteiger partial charge in [0, 0.05) is 0 Å². The Bertz CT molecular complexity index is 816. The Balaban J connectivity index is 1.90. The van der Waals surface area contributed by atoms with Crippen LogP contribution in [0.3, 0.4) is 0 Å². The first-order valence-electron chi connectivity index (χ1n) is 7.71. The summed E-state index contributed by atoms with van der Waals surface area (Å²) in [6.07, 6.45) is 0.714. The van der Waals surface area contributed by atoms with Gasteiger partial charge in [-0.3, -0.25) is 4.90 Å². The summed E-state index contributed by atoms with van der Waals surface area (Å²) < 4.78 is 4.87. The standard InChI is InChI=1S/C18H17NO4/c1-23-18(22)19-14(17(20)21)9-12-8-11-7-6-10-4-2-3-5-13(10)15(11)16(12)19/h2-7,12,14,16H,8-9H2,1H3,(H,20,21)/t12-,14+,16+/m1/s1. The zero-order valence-corrected chi connectivity index (χ0v) is 12.7. The highest BCUT2D eigenvalue weighted by molar-refractivity contribution is 5.89. The molecule has 0 unspecified atom stereocenters. The second kappa shape index (κ2) is 4.98. The van der Waals surface area contributed by atoms with Gasteiger partial charge in [0.1, 0.15) is 6.04 Å². The Morgan fingerprint density at radius 1 is 1.22 bits per heavy atom. The van der Waals surface area contributed by atoms with E-state index in [0.29, 0.717) is 6.42 Å². The van der Waals surface area contributed by atoms with Gasteiger partial charge in [-0.25, -0.2) is 9.59 Å². The molecule has 0 radical (unpaired) electrons. The molecule has 1 amide bonds. The van der Waals surface area contributed by atoms with Crippen molar-refractivity contribution in [2.24, 2.45) is 5.92 Å². The molecule has 5 nitrogen and oxygen atoms in total. The van der Waals surface area contributed by atoms with E-state index in [2.05, 4.69) is 12.1 Å². The number of rotatable bonds is 1. The van der Waals surface area contributed by atoms with Crippen molar-refractivity contribution in [1.29, 1.82) is 0 Å². The highest BCUT2D eigenvalue weighted by Gasteiger charge is 2.52. The fraction of sp³-hybridized carbons (Fsp3) is 0.333. The minimum Gasteiger partial charge on any atom is -0.480 e. The van der Waals surface area contributed by atoms with Crippen LogP contribution in [0.2, 0.25) is 0 Å². The number of likely N-dealkylation sites (tertiary alicyclic amines) is 1. The Hall–Kier alpha value is -2.56. The molecular formula is C18H17NO4. The summed E-state index contributed by atoms with van der Waals surface area (Å²) >= 11 is 0. The van der Waals surface area contributed by atoms with E-state index >= 15 is 0 Å². The van der Waals surface area contributed by atoms with Crippen LogP contribution in [0.4, 0.5) is 4.79 Å². The number of hydrogen-bond acceptors (Lipinski definition) is 3. The molecule has 4 rings (SSSR count). The van der Waals surface area contributed by atoms with Crippen molar-refractivity contribution in [3.63, 3.8) is 0 Å². The van der Waals surface area contributed by atoms with Crippen LogP contribution in [0.25, 0.3) is 10.8 Å². The van der Waals surface area contributed by atoms with Crippen LogP contribution in [-0.4, -0.2) is 35.2 Å². The molecule has 0 bridgehead atoms. The van der Waals surface area contributed by atoms with Crippen molar-refractivity contribution < 1.29 is 19.4 Å². The van der Waals surface area contributed by atoms with Crippen molar-refractivity contribution in [2.75, 3.05) is 7.11 Å². The molecule has 1 heterocycles. The minimum absolute atomic E-state index is 0.135. The second-order valence-corrected chi connectivity index (χ2v) is 6.24. The minimum atomic E-state index is -0.966. The Kier molecular flexibility index (Phi) is 3.04. The summed E-state index contributed by atoms with van der Waals surface area (Å²) in [5, 5.41) is 11.7. The highest BCUT2D eigenvalue weighted by Crippen LogP contribution is 2.51. The van der Waals surface area contributed by atoms with Crippen LogP contribution in [0.1, 0.15) is 23.6 Å². The smallest absolute Gasteiger partial charge is 0.410 e. The summed E-state index contributed by atoms with van der Waals surface area (Å²) in [6.45, 7) is 0. The van der Waals surface area contributed by atoms with E-state index in [1.165, 1.54) is 17.6 Å². The fourth-order valence-corrected chi connectivity index (χ4v) is 4.24. The Morgan fingerprint density at radius 3 is 2.74 bits per heavy atom. The third-order valence-electron chi connectivity index (χ3n) is 5.12. The number of carbonyl (C=O) groups is 2. The molecule has 5 heteroatoms. The van der Waals surface area contributed by atoms with E-state index in [0.717, 1.165) is 22.8 Å². The van der Waals surface area contributed by atoms with Gasteiger partial charge < -0.3 is 9.84 Å². The Labute approximate surface area is 133 Å². The molecule has 23 heavy (non-hydrogen) atoms. The zero-order chi connectivity index (χ0) is 16.1. The van der Waals surface area contributed by atoms with Crippen LogP contribution in [0.5, 0.6) is 0 Å². The second-order valence-electron chi connectivity index (χ2n) is 6.24. The number of nitrogens with zero attached hydrogens (tertiary/aromatic N) is 1. The molecule has 1 fully saturated rings. The van der Waals surface area contributed by atoms with Gasteiger partial charge in [0.2, 0.25) is 0 Å². The fourth-order valence-electron chi connectivity index (χ4n) is 4.24. The van der Waals surface area contributed by atoms with Gasteiger partial charge >= 0.3 is 12.1 Å². The molecule has 1 N–H and O–H groups in total. The predicted molar refractivity (Wildman–Crippen MR) is 84.2 cm³/mol. The number of carboxylic acid groups (broad SMARTS) is 1. The summed E-state index contributed by atoms with van der Waals surface area (Å²) in [5.74, 6) is -0.831. The molecule has 1 aliphatic carbocycles. The number of carbonyl (C=O) groups excluding carboxylic acids is 1. The lowest BCUT2D eigenvalue weighted by molar-refractivity contribution is -0.142. The van der Waals surface area contributed by atoms with Crippen LogP contribution < -0.4 is 0 Å². The number of benzene rings is 2. The molecule has 118 valence electrons.